The summed E-state index contributed by atoms with van der Waals surface area (Å²) in [6, 6.07) is 10.2. The molecule has 2 aromatic rings. The van der Waals surface area contributed by atoms with E-state index in [9.17, 15) is 9.59 Å². The second kappa shape index (κ2) is 6.97. The lowest BCUT2D eigenvalue weighted by molar-refractivity contribution is 0.0938. The Morgan fingerprint density at radius 1 is 1.22 bits per heavy atom. The van der Waals surface area contributed by atoms with Gasteiger partial charge >= 0.3 is 0 Å². The molecule has 1 aromatic heterocycles. The number of rotatable bonds is 4. The van der Waals surface area contributed by atoms with Crippen LogP contribution in [0.5, 0.6) is 0 Å². The van der Waals surface area contributed by atoms with Crippen LogP contribution in [-0.4, -0.2) is 30.9 Å². The highest BCUT2D eigenvalue weighted by atomic mass is 79.9. The molecule has 0 bridgehead atoms. The van der Waals surface area contributed by atoms with Crippen LogP contribution >= 0.6 is 15.9 Å². The van der Waals surface area contributed by atoms with Crippen LogP contribution in [-0.2, 0) is 0 Å². The number of carbonyl (C=O) groups is 2. The van der Waals surface area contributed by atoms with Crippen LogP contribution in [0.15, 0.2) is 45.5 Å². The zero-order chi connectivity index (χ0) is 16.2. The number of anilines is 1. The predicted octanol–water partition coefficient (Wildman–Crippen LogP) is 2.39. The minimum absolute atomic E-state index is 0.143. The quantitative estimate of drug-likeness (QED) is 0.763. The third-order valence-electron chi connectivity index (χ3n) is 3.58. The second-order valence-electron chi connectivity index (χ2n) is 5.30. The highest BCUT2D eigenvalue weighted by Gasteiger charge is 2.18. The van der Waals surface area contributed by atoms with Crippen molar-refractivity contribution in [2.24, 2.45) is 0 Å². The first-order valence-electron chi connectivity index (χ1n) is 7.30. The molecule has 23 heavy (non-hydrogen) atoms. The molecule has 1 aliphatic rings. The Morgan fingerprint density at radius 2 is 2.09 bits per heavy atom. The first kappa shape index (κ1) is 15.8. The highest BCUT2D eigenvalue weighted by Crippen LogP contribution is 2.17. The molecule has 2 heterocycles. The molecule has 0 radical (unpaired) electrons. The van der Waals surface area contributed by atoms with E-state index in [2.05, 4.69) is 31.9 Å². The molecule has 120 valence electrons. The van der Waals surface area contributed by atoms with Crippen molar-refractivity contribution < 1.29 is 14.0 Å². The molecule has 0 saturated carbocycles. The van der Waals surface area contributed by atoms with Gasteiger partial charge in [0, 0.05) is 23.8 Å². The molecule has 1 fully saturated rings. The third kappa shape index (κ3) is 4.00. The first-order valence-corrected chi connectivity index (χ1v) is 8.09. The smallest absolute Gasteiger partial charge is 0.291 e. The third-order valence-corrected chi connectivity index (χ3v) is 4.00. The Bertz CT molecular complexity index is 723. The van der Waals surface area contributed by atoms with Crippen LogP contribution < -0.4 is 16.0 Å². The van der Waals surface area contributed by atoms with Crippen LogP contribution in [0.2, 0.25) is 0 Å². The zero-order valence-electron chi connectivity index (χ0n) is 12.3. The van der Waals surface area contributed by atoms with E-state index in [0.717, 1.165) is 19.5 Å². The van der Waals surface area contributed by atoms with Gasteiger partial charge in [0.25, 0.3) is 11.8 Å². The summed E-state index contributed by atoms with van der Waals surface area (Å²) in [5.41, 5.74) is 1.05. The van der Waals surface area contributed by atoms with E-state index in [-0.39, 0.29) is 23.6 Å². The van der Waals surface area contributed by atoms with Gasteiger partial charge in [-0.15, -0.1) is 0 Å². The van der Waals surface area contributed by atoms with E-state index in [0.29, 0.717) is 15.9 Å². The lowest BCUT2D eigenvalue weighted by atomic mass is 10.1. The number of amides is 2. The summed E-state index contributed by atoms with van der Waals surface area (Å²) in [4.78, 5) is 24.3. The van der Waals surface area contributed by atoms with Crippen LogP contribution in [0.25, 0.3) is 0 Å². The first-order chi connectivity index (χ1) is 11.1. The van der Waals surface area contributed by atoms with Crippen LogP contribution in [0, 0.1) is 0 Å². The average molecular weight is 378 g/mol. The summed E-state index contributed by atoms with van der Waals surface area (Å²) in [5, 5.41) is 8.89. The van der Waals surface area contributed by atoms with Gasteiger partial charge in [0.15, 0.2) is 10.4 Å². The van der Waals surface area contributed by atoms with Gasteiger partial charge in [-0.2, -0.15) is 0 Å². The van der Waals surface area contributed by atoms with Gasteiger partial charge in [0.1, 0.15) is 0 Å². The number of hydrogen-bond acceptors (Lipinski definition) is 4. The van der Waals surface area contributed by atoms with Crippen LogP contribution in [0.1, 0.15) is 27.3 Å². The second-order valence-corrected chi connectivity index (χ2v) is 6.08. The van der Waals surface area contributed by atoms with E-state index in [1.54, 1.807) is 36.4 Å². The summed E-state index contributed by atoms with van der Waals surface area (Å²) >= 11 is 3.15. The topological polar surface area (TPSA) is 83.4 Å². The van der Waals surface area contributed by atoms with Gasteiger partial charge in [-0.1, -0.05) is 6.07 Å². The molecule has 3 N–H and O–H groups in total. The summed E-state index contributed by atoms with van der Waals surface area (Å²) in [5.74, 6) is -0.312. The minimum atomic E-state index is -0.367. The maximum absolute atomic E-state index is 12.2. The van der Waals surface area contributed by atoms with E-state index in [4.69, 9.17) is 4.42 Å². The number of nitrogens with one attached hydrogen (secondary N) is 3. The Balaban J connectivity index is 1.66. The van der Waals surface area contributed by atoms with Crippen LogP contribution in [0.4, 0.5) is 5.69 Å². The molecule has 3 rings (SSSR count). The molecule has 1 unspecified atom stereocenters. The van der Waals surface area contributed by atoms with Gasteiger partial charge in [0.05, 0.1) is 0 Å². The largest absolute Gasteiger partial charge is 0.444 e. The van der Waals surface area contributed by atoms with Crippen molar-refractivity contribution in [2.75, 3.05) is 18.4 Å². The number of hydrogen-bond donors (Lipinski definition) is 3. The molecular weight excluding hydrogens is 362 g/mol. The molecule has 1 aliphatic heterocycles. The minimum Gasteiger partial charge on any atom is -0.444 e. The van der Waals surface area contributed by atoms with Crippen molar-refractivity contribution >= 4 is 33.4 Å². The summed E-state index contributed by atoms with van der Waals surface area (Å²) in [7, 11) is 0. The Labute approximate surface area is 141 Å². The summed E-state index contributed by atoms with van der Waals surface area (Å²) in [6.07, 6.45) is 0.926. The highest BCUT2D eigenvalue weighted by molar-refractivity contribution is 9.10. The van der Waals surface area contributed by atoms with Crippen molar-refractivity contribution in [2.45, 2.75) is 12.5 Å². The fraction of sp³-hybridized carbons (Fsp3) is 0.250. The standard InChI is InChI=1S/C16H16BrN3O3/c17-14-5-4-13(23-14)16(22)19-11-3-1-2-10(8-11)15(21)20-12-6-7-18-9-12/h1-5,8,12,18H,6-7,9H2,(H,19,22)(H,20,21). The Kier molecular flexibility index (Phi) is 4.78. The van der Waals surface area contributed by atoms with E-state index >= 15 is 0 Å². The monoisotopic (exact) mass is 377 g/mol. The predicted molar refractivity (Wildman–Crippen MR) is 89.5 cm³/mol. The lowest BCUT2D eigenvalue weighted by Gasteiger charge is -2.12. The summed E-state index contributed by atoms with van der Waals surface area (Å²) in [6.45, 7) is 1.70. The normalized spacial score (nSPS) is 17.0. The number of furan rings is 1. The number of halogens is 1. The maximum atomic E-state index is 12.2. The van der Waals surface area contributed by atoms with Crippen molar-refractivity contribution in [3.8, 4) is 0 Å². The maximum Gasteiger partial charge on any atom is 0.291 e. The molecular formula is C16H16BrN3O3. The Morgan fingerprint density at radius 3 is 2.78 bits per heavy atom. The van der Waals surface area contributed by atoms with E-state index < -0.39 is 0 Å². The Hall–Kier alpha value is -2.12. The summed E-state index contributed by atoms with van der Waals surface area (Å²) < 4.78 is 5.69. The zero-order valence-corrected chi connectivity index (χ0v) is 13.9. The van der Waals surface area contributed by atoms with E-state index in [1.807, 2.05) is 0 Å². The van der Waals surface area contributed by atoms with Gasteiger partial charge in [-0.3, -0.25) is 9.59 Å². The molecule has 0 spiro atoms. The van der Waals surface area contributed by atoms with Crippen LogP contribution in [0.3, 0.4) is 0 Å². The van der Waals surface area contributed by atoms with E-state index in [1.165, 1.54) is 0 Å². The van der Waals surface area contributed by atoms with Crippen molar-refractivity contribution in [1.82, 2.24) is 10.6 Å². The molecule has 1 saturated heterocycles. The van der Waals surface area contributed by atoms with Crippen molar-refractivity contribution in [3.05, 3.63) is 52.4 Å². The fourth-order valence-corrected chi connectivity index (χ4v) is 2.72. The van der Waals surface area contributed by atoms with Gasteiger partial charge in [0.2, 0.25) is 0 Å². The molecule has 1 aromatic carbocycles. The van der Waals surface area contributed by atoms with Gasteiger partial charge in [-0.25, -0.2) is 0 Å². The van der Waals surface area contributed by atoms with Crippen molar-refractivity contribution in [1.29, 1.82) is 0 Å². The average Bonchev–Trinajstić information content (AvgIpc) is 3.19. The van der Waals surface area contributed by atoms with Gasteiger partial charge < -0.3 is 20.4 Å². The van der Waals surface area contributed by atoms with Gasteiger partial charge in [-0.05, 0) is 59.2 Å². The SMILES string of the molecule is O=C(NC1CCNC1)c1cccc(NC(=O)c2ccc(Br)o2)c1. The lowest BCUT2D eigenvalue weighted by Crippen LogP contribution is -2.36. The molecule has 7 heteroatoms. The number of carbonyl (C=O) groups excluding carboxylic acids is 2. The molecule has 0 aliphatic carbocycles. The number of benzene rings is 1. The molecule has 1 atom stereocenters. The molecule has 6 nitrogen and oxygen atoms in total. The fourth-order valence-electron chi connectivity index (χ4n) is 2.41. The van der Waals surface area contributed by atoms with Crippen molar-refractivity contribution in [3.63, 3.8) is 0 Å². The molecule has 2 amide bonds.